The van der Waals surface area contributed by atoms with E-state index in [-0.39, 0.29) is 5.75 Å². The van der Waals surface area contributed by atoms with Crippen LogP contribution < -0.4 is 5.32 Å². The Kier molecular flexibility index (Phi) is 3.97. The number of anilines is 1. The minimum atomic E-state index is 0.290. The SMILES string of the molecule is Oc1cc(Br)ccc1CNc1ccc(S)cc1. The molecule has 0 amide bonds. The quantitative estimate of drug-likeness (QED) is 0.747. The second-order valence-electron chi connectivity index (χ2n) is 3.67. The molecule has 2 N–H and O–H groups in total. The number of thiol groups is 1. The molecule has 0 fully saturated rings. The highest BCUT2D eigenvalue weighted by Gasteiger charge is 2.01. The third kappa shape index (κ3) is 3.41. The molecule has 0 aliphatic rings. The van der Waals surface area contributed by atoms with Gasteiger partial charge >= 0.3 is 0 Å². The van der Waals surface area contributed by atoms with E-state index in [9.17, 15) is 5.11 Å². The second-order valence-corrected chi connectivity index (χ2v) is 5.11. The van der Waals surface area contributed by atoms with Crippen molar-refractivity contribution in [3.05, 3.63) is 52.5 Å². The smallest absolute Gasteiger partial charge is 0.121 e. The Bertz CT molecular complexity index is 513. The molecule has 0 radical (unpaired) electrons. The molecule has 17 heavy (non-hydrogen) atoms. The molecule has 0 aliphatic heterocycles. The maximum absolute atomic E-state index is 9.73. The number of halogens is 1. The second kappa shape index (κ2) is 5.47. The van der Waals surface area contributed by atoms with Gasteiger partial charge in [0.2, 0.25) is 0 Å². The van der Waals surface area contributed by atoms with Crippen molar-refractivity contribution < 1.29 is 5.11 Å². The fourth-order valence-electron chi connectivity index (χ4n) is 1.46. The molecule has 4 heteroatoms. The third-order valence-corrected chi connectivity index (χ3v) is 3.19. The van der Waals surface area contributed by atoms with Gasteiger partial charge in [-0.1, -0.05) is 22.0 Å². The largest absolute Gasteiger partial charge is 0.508 e. The minimum Gasteiger partial charge on any atom is -0.508 e. The van der Waals surface area contributed by atoms with Crippen molar-refractivity contribution in [2.75, 3.05) is 5.32 Å². The Hall–Kier alpha value is -1.13. The van der Waals surface area contributed by atoms with Crippen molar-refractivity contribution in [3.8, 4) is 5.75 Å². The summed E-state index contributed by atoms with van der Waals surface area (Å²) in [5.74, 6) is 0.290. The van der Waals surface area contributed by atoms with E-state index in [2.05, 4.69) is 33.9 Å². The van der Waals surface area contributed by atoms with E-state index in [1.807, 2.05) is 36.4 Å². The van der Waals surface area contributed by atoms with Crippen LogP contribution >= 0.6 is 28.6 Å². The molecular weight excluding hydrogens is 298 g/mol. The monoisotopic (exact) mass is 309 g/mol. The van der Waals surface area contributed by atoms with E-state index in [0.717, 1.165) is 20.6 Å². The molecule has 0 aromatic heterocycles. The van der Waals surface area contributed by atoms with Crippen LogP contribution in [0.25, 0.3) is 0 Å². The summed E-state index contributed by atoms with van der Waals surface area (Å²) in [5.41, 5.74) is 1.87. The molecule has 0 saturated carbocycles. The first-order valence-electron chi connectivity index (χ1n) is 5.15. The highest BCUT2D eigenvalue weighted by molar-refractivity contribution is 9.10. The molecule has 2 aromatic carbocycles. The third-order valence-electron chi connectivity index (χ3n) is 2.40. The zero-order valence-electron chi connectivity index (χ0n) is 9.02. The molecule has 0 unspecified atom stereocenters. The lowest BCUT2D eigenvalue weighted by molar-refractivity contribution is 0.468. The normalized spacial score (nSPS) is 10.2. The number of nitrogens with one attached hydrogen (secondary N) is 1. The molecule has 2 aromatic rings. The maximum atomic E-state index is 9.73. The van der Waals surface area contributed by atoms with Crippen LogP contribution in [-0.4, -0.2) is 5.11 Å². The number of rotatable bonds is 3. The summed E-state index contributed by atoms with van der Waals surface area (Å²) >= 11 is 7.54. The highest BCUT2D eigenvalue weighted by Crippen LogP contribution is 2.23. The lowest BCUT2D eigenvalue weighted by Crippen LogP contribution is -1.99. The van der Waals surface area contributed by atoms with Crippen LogP contribution in [0.2, 0.25) is 0 Å². The van der Waals surface area contributed by atoms with Gasteiger partial charge in [-0.3, -0.25) is 0 Å². The molecule has 0 bridgehead atoms. The lowest BCUT2D eigenvalue weighted by atomic mass is 10.2. The maximum Gasteiger partial charge on any atom is 0.121 e. The van der Waals surface area contributed by atoms with E-state index in [1.54, 1.807) is 6.07 Å². The zero-order valence-corrected chi connectivity index (χ0v) is 11.5. The van der Waals surface area contributed by atoms with E-state index in [0.29, 0.717) is 6.54 Å². The van der Waals surface area contributed by atoms with Gasteiger partial charge < -0.3 is 10.4 Å². The van der Waals surface area contributed by atoms with Gasteiger partial charge in [-0.25, -0.2) is 0 Å². The molecule has 0 atom stereocenters. The summed E-state index contributed by atoms with van der Waals surface area (Å²) in [4.78, 5) is 0.932. The standard InChI is InChI=1S/C13H12BrNOS/c14-10-2-1-9(13(16)7-10)8-15-11-3-5-12(17)6-4-11/h1-7,15-17H,8H2. The molecule has 0 spiro atoms. The van der Waals surface area contributed by atoms with Gasteiger partial charge in [-0.2, -0.15) is 0 Å². The molecule has 2 rings (SSSR count). The van der Waals surface area contributed by atoms with Crippen molar-refractivity contribution in [1.29, 1.82) is 0 Å². The van der Waals surface area contributed by atoms with E-state index >= 15 is 0 Å². The van der Waals surface area contributed by atoms with Crippen molar-refractivity contribution in [2.24, 2.45) is 0 Å². The number of hydrogen-bond donors (Lipinski definition) is 3. The van der Waals surface area contributed by atoms with Crippen LogP contribution in [0.15, 0.2) is 51.8 Å². The molecule has 0 saturated heterocycles. The number of hydrogen-bond acceptors (Lipinski definition) is 3. The van der Waals surface area contributed by atoms with Crippen molar-refractivity contribution in [2.45, 2.75) is 11.4 Å². The average molecular weight is 310 g/mol. The number of phenols is 1. The first-order chi connectivity index (χ1) is 8.15. The molecular formula is C13H12BrNOS. The van der Waals surface area contributed by atoms with Gasteiger partial charge in [-0.05, 0) is 36.4 Å². The Morgan fingerprint density at radius 1 is 1.12 bits per heavy atom. The Morgan fingerprint density at radius 2 is 1.82 bits per heavy atom. The Morgan fingerprint density at radius 3 is 2.47 bits per heavy atom. The lowest BCUT2D eigenvalue weighted by Gasteiger charge is -2.08. The Balaban J connectivity index is 2.04. The molecule has 88 valence electrons. The zero-order chi connectivity index (χ0) is 12.3. The van der Waals surface area contributed by atoms with Crippen LogP contribution in [0, 0.1) is 0 Å². The summed E-state index contributed by atoms with van der Waals surface area (Å²) in [6.07, 6.45) is 0. The highest BCUT2D eigenvalue weighted by atomic mass is 79.9. The van der Waals surface area contributed by atoms with Gasteiger partial charge in [0.1, 0.15) is 5.75 Å². The number of benzene rings is 2. The first kappa shape index (κ1) is 12.3. The fraction of sp³-hybridized carbons (Fsp3) is 0.0769. The predicted molar refractivity (Wildman–Crippen MR) is 76.8 cm³/mol. The summed E-state index contributed by atoms with van der Waals surface area (Å²) in [7, 11) is 0. The topological polar surface area (TPSA) is 32.3 Å². The summed E-state index contributed by atoms with van der Waals surface area (Å²) in [6, 6.07) is 13.2. The van der Waals surface area contributed by atoms with Crippen molar-refractivity contribution in [1.82, 2.24) is 0 Å². The van der Waals surface area contributed by atoms with E-state index in [4.69, 9.17) is 0 Å². The minimum absolute atomic E-state index is 0.290. The average Bonchev–Trinajstić information content (AvgIpc) is 2.30. The first-order valence-corrected chi connectivity index (χ1v) is 6.39. The van der Waals surface area contributed by atoms with Gasteiger partial charge in [0, 0.05) is 27.2 Å². The fourth-order valence-corrected chi connectivity index (χ4v) is 1.96. The number of aromatic hydroxyl groups is 1. The molecule has 0 aliphatic carbocycles. The van der Waals surface area contributed by atoms with Crippen molar-refractivity contribution in [3.63, 3.8) is 0 Å². The summed E-state index contributed by atoms with van der Waals surface area (Å²) < 4.78 is 0.873. The summed E-state index contributed by atoms with van der Waals surface area (Å²) in [5, 5.41) is 13.0. The molecule has 0 heterocycles. The van der Waals surface area contributed by atoms with E-state index < -0.39 is 0 Å². The van der Waals surface area contributed by atoms with Crippen LogP contribution in [0.5, 0.6) is 5.75 Å². The van der Waals surface area contributed by atoms with E-state index in [1.165, 1.54) is 0 Å². The Labute approximate surface area is 114 Å². The predicted octanol–water partition coefficient (Wildman–Crippen LogP) is 4.06. The van der Waals surface area contributed by atoms with Gasteiger partial charge in [0.15, 0.2) is 0 Å². The van der Waals surface area contributed by atoms with Gasteiger partial charge in [0.25, 0.3) is 0 Å². The number of phenolic OH excluding ortho intramolecular Hbond substituents is 1. The molecule has 2 nitrogen and oxygen atoms in total. The van der Waals surface area contributed by atoms with Gasteiger partial charge in [0.05, 0.1) is 0 Å². The van der Waals surface area contributed by atoms with Crippen LogP contribution in [0.1, 0.15) is 5.56 Å². The van der Waals surface area contributed by atoms with Crippen LogP contribution in [0.4, 0.5) is 5.69 Å². The van der Waals surface area contributed by atoms with Crippen LogP contribution in [0.3, 0.4) is 0 Å². The van der Waals surface area contributed by atoms with Crippen LogP contribution in [-0.2, 0) is 6.54 Å². The van der Waals surface area contributed by atoms with Gasteiger partial charge in [-0.15, -0.1) is 12.6 Å². The summed E-state index contributed by atoms with van der Waals surface area (Å²) in [6.45, 7) is 0.588. The van der Waals surface area contributed by atoms with Crippen molar-refractivity contribution >= 4 is 34.2 Å².